The molecule has 0 spiro atoms. The van der Waals surface area contributed by atoms with Crippen molar-refractivity contribution in [3.05, 3.63) is 29.8 Å². The molecule has 1 N–H and O–H groups in total. The Balaban J connectivity index is 1.96. The van der Waals surface area contributed by atoms with Crippen LogP contribution in [0.15, 0.2) is 24.3 Å². The van der Waals surface area contributed by atoms with Crippen LogP contribution in [-0.4, -0.2) is 37.5 Å². The van der Waals surface area contributed by atoms with Gasteiger partial charge in [-0.3, -0.25) is 14.4 Å². The Labute approximate surface area is 148 Å². The minimum absolute atomic E-state index is 0.00855. The zero-order chi connectivity index (χ0) is 19.3. The Morgan fingerprint density at radius 1 is 1.35 bits per heavy atom. The number of alkyl halides is 3. The van der Waals surface area contributed by atoms with Crippen LogP contribution in [0.5, 0.6) is 0 Å². The largest absolute Gasteiger partial charge is 0.466 e. The highest BCUT2D eigenvalue weighted by molar-refractivity contribution is 6.00. The van der Waals surface area contributed by atoms with E-state index in [1.54, 1.807) is 6.92 Å². The van der Waals surface area contributed by atoms with Crippen LogP contribution >= 0.6 is 0 Å². The number of hydrogen-bond donors (Lipinski definition) is 1. The van der Waals surface area contributed by atoms with Gasteiger partial charge in [0.1, 0.15) is 0 Å². The highest BCUT2D eigenvalue weighted by Gasteiger charge is 2.36. The highest BCUT2D eigenvalue weighted by Crippen LogP contribution is 2.33. The van der Waals surface area contributed by atoms with Gasteiger partial charge in [-0.2, -0.15) is 13.2 Å². The molecule has 2 amide bonds. The fraction of sp³-hybridized carbons (Fsp3) is 0.471. The van der Waals surface area contributed by atoms with Crippen LogP contribution in [-0.2, 0) is 25.3 Å². The Morgan fingerprint density at radius 2 is 2.08 bits per heavy atom. The van der Waals surface area contributed by atoms with E-state index in [4.69, 9.17) is 4.74 Å². The summed E-state index contributed by atoms with van der Waals surface area (Å²) in [5.74, 6) is -1.97. The maximum atomic E-state index is 12.8. The molecule has 0 radical (unpaired) electrons. The summed E-state index contributed by atoms with van der Waals surface area (Å²) >= 11 is 0. The highest BCUT2D eigenvalue weighted by atomic mass is 19.4. The van der Waals surface area contributed by atoms with Crippen LogP contribution in [0.1, 0.15) is 25.3 Å². The molecule has 1 saturated heterocycles. The monoisotopic (exact) mass is 372 g/mol. The topological polar surface area (TPSA) is 75.7 Å². The van der Waals surface area contributed by atoms with Crippen molar-refractivity contribution in [1.29, 1.82) is 0 Å². The van der Waals surface area contributed by atoms with Gasteiger partial charge in [0.2, 0.25) is 11.8 Å². The number of ether oxygens (including phenoxy) is 1. The zero-order valence-corrected chi connectivity index (χ0v) is 14.1. The number of hydrogen-bond acceptors (Lipinski definition) is 4. The third kappa shape index (κ3) is 4.96. The van der Waals surface area contributed by atoms with Crippen molar-refractivity contribution < 1.29 is 32.3 Å². The Kier molecular flexibility index (Phi) is 6.23. The average molecular weight is 372 g/mol. The van der Waals surface area contributed by atoms with E-state index in [1.807, 2.05) is 0 Å². The number of esters is 1. The standard InChI is InChI=1S/C17H19F3N2O4/c1-2-26-15(24)6-7-21-16(25)11-8-14(23)22(10-11)13-5-3-4-12(9-13)17(18,19)20/h3-5,9,11H,2,6-8,10H2,1H3,(H,21,25). The summed E-state index contributed by atoms with van der Waals surface area (Å²) in [4.78, 5) is 36.6. The second kappa shape index (κ2) is 8.20. The summed E-state index contributed by atoms with van der Waals surface area (Å²) in [7, 11) is 0. The van der Waals surface area contributed by atoms with Crippen molar-refractivity contribution in [3.63, 3.8) is 0 Å². The quantitative estimate of drug-likeness (QED) is 0.777. The molecule has 2 rings (SSSR count). The van der Waals surface area contributed by atoms with E-state index < -0.39 is 35.4 Å². The van der Waals surface area contributed by atoms with Gasteiger partial charge in [0.15, 0.2) is 0 Å². The lowest BCUT2D eigenvalue weighted by Gasteiger charge is -2.18. The van der Waals surface area contributed by atoms with Crippen molar-refractivity contribution in [1.82, 2.24) is 5.32 Å². The number of rotatable bonds is 6. The smallest absolute Gasteiger partial charge is 0.416 e. The molecular formula is C17H19F3N2O4. The van der Waals surface area contributed by atoms with Crippen molar-refractivity contribution in [2.45, 2.75) is 25.9 Å². The molecule has 0 saturated carbocycles. The molecule has 9 heteroatoms. The number of carbonyl (C=O) groups is 3. The summed E-state index contributed by atoms with van der Waals surface area (Å²) in [6, 6.07) is 4.43. The van der Waals surface area contributed by atoms with Gasteiger partial charge >= 0.3 is 12.1 Å². The predicted molar refractivity (Wildman–Crippen MR) is 86.2 cm³/mol. The average Bonchev–Trinajstić information content (AvgIpc) is 2.96. The molecule has 26 heavy (non-hydrogen) atoms. The number of halogens is 3. The molecule has 0 aliphatic carbocycles. The Hall–Kier alpha value is -2.58. The first-order valence-electron chi connectivity index (χ1n) is 8.13. The van der Waals surface area contributed by atoms with E-state index in [2.05, 4.69) is 5.32 Å². The predicted octanol–water partition coefficient (Wildman–Crippen LogP) is 2.13. The van der Waals surface area contributed by atoms with Gasteiger partial charge in [0.05, 0.1) is 24.5 Å². The number of anilines is 1. The third-order valence-corrected chi connectivity index (χ3v) is 3.91. The number of amides is 2. The molecular weight excluding hydrogens is 353 g/mol. The SMILES string of the molecule is CCOC(=O)CCNC(=O)C1CC(=O)N(c2cccc(C(F)(F)F)c2)C1. The van der Waals surface area contributed by atoms with E-state index in [9.17, 15) is 27.6 Å². The van der Waals surface area contributed by atoms with E-state index in [-0.39, 0.29) is 38.2 Å². The maximum Gasteiger partial charge on any atom is 0.416 e. The van der Waals surface area contributed by atoms with Crippen LogP contribution < -0.4 is 10.2 Å². The number of nitrogens with one attached hydrogen (secondary N) is 1. The molecule has 1 atom stereocenters. The molecule has 0 aromatic heterocycles. The summed E-state index contributed by atoms with van der Waals surface area (Å²) in [5.41, 5.74) is -0.753. The first kappa shape index (κ1) is 19.7. The zero-order valence-electron chi connectivity index (χ0n) is 14.1. The molecule has 1 fully saturated rings. The molecule has 142 valence electrons. The number of nitrogens with zero attached hydrogens (tertiary/aromatic N) is 1. The van der Waals surface area contributed by atoms with Crippen molar-refractivity contribution in [2.24, 2.45) is 5.92 Å². The second-order valence-corrected chi connectivity index (χ2v) is 5.80. The molecule has 6 nitrogen and oxygen atoms in total. The van der Waals surface area contributed by atoms with Crippen LogP contribution in [0.3, 0.4) is 0 Å². The number of benzene rings is 1. The van der Waals surface area contributed by atoms with Crippen molar-refractivity contribution >= 4 is 23.5 Å². The number of carbonyl (C=O) groups excluding carboxylic acids is 3. The van der Waals surface area contributed by atoms with Crippen LogP contribution in [0.2, 0.25) is 0 Å². The Morgan fingerprint density at radius 3 is 2.73 bits per heavy atom. The first-order chi connectivity index (χ1) is 12.2. The fourth-order valence-corrected chi connectivity index (χ4v) is 2.65. The van der Waals surface area contributed by atoms with Gasteiger partial charge in [-0.15, -0.1) is 0 Å². The summed E-state index contributed by atoms with van der Waals surface area (Å²) in [5, 5.41) is 2.54. The van der Waals surface area contributed by atoms with E-state index in [1.165, 1.54) is 17.0 Å². The lowest BCUT2D eigenvalue weighted by atomic mass is 10.1. The van der Waals surface area contributed by atoms with E-state index in [0.717, 1.165) is 12.1 Å². The first-order valence-corrected chi connectivity index (χ1v) is 8.13. The van der Waals surface area contributed by atoms with Gasteiger partial charge in [0.25, 0.3) is 0 Å². The van der Waals surface area contributed by atoms with Crippen LogP contribution in [0, 0.1) is 5.92 Å². The minimum Gasteiger partial charge on any atom is -0.466 e. The summed E-state index contributed by atoms with van der Waals surface area (Å²) in [6.45, 7) is 1.98. The van der Waals surface area contributed by atoms with Crippen LogP contribution in [0.4, 0.5) is 18.9 Å². The molecule has 1 aromatic carbocycles. The molecule has 0 bridgehead atoms. The van der Waals surface area contributed by atoms with Gasteiger partial charge < -0.3 is 15.0 Å². The third-order valence-electron chi connectivity index (χ3n) is 3.91. The van der Waals surface area contributed by atoms with E-state index >= 15 is 0 Å². The lowest BCUT2D eigenvalue weighted by molar-refractivity contribution is -0.143. The van der Waals surface area contributed by atoms with Gasteiger partial charge in [0, 0.05) is 25.2 Å². The van der Waals surface area contributed by atoms with E-state index in [0.29, 0.717) is 0 Å². The van der Waals surface area contributed by atoms with Crippen LogP contribution in [0.25, 0.3) is 0 Å². The molecule has 1 aliphatic heterocycles. The van der Waals surface area contributed by atoms with Gasteiger partial charge in [-0.05, 0) is 25.1 Å². The molecule has 1 aliphatic rings. The molecule has 1 heterocycles. The summed E-state index contributed by atoms with van der Waals surface area (Å²) in [6.07, 6.45) is -4.60. The fourth-order valence-electron chi connectivity index (χ4n) is 2.65. The van der Waals surface area contributed by atoms with Crippen molar-refractivity contribution in [2.75, 3.05) is 24.6 Å². The Bertz CT molecular complexity index is 691. The van der Waals surface area contributed by atoms with Crippen molar-refractivity contribution in [3.8, 4) is 0 Å². The second-order valence-electron chi connectivity index (χ2n) is 5.80. The minimum atomic E-state index is -4.51. The van der Waals surface area contributed by atoms with Gasteiger partial charge in [-0.25, -0.2) is 0 Å². The normalized spacial score (nSPS) is 17.3. The summed E-state index contributed by atoms with van der Waals surface area (Å²) < 4.78 is 43.2. The molecule has 1 unspecified atom stereocenters. The maximum absolute atomic E-state index is 12.8. The lowest BCUT2D eigenvalue weighted by Crippen LogP contribution is -2.34. The van der Waals surface area contributed by atoms with Gasteiger partial charge in [-0.1, -0.05) is 6.07 Å². The molecule has 1 aromatic rings.